The molecule has 1 heterocycles. The molecule has 0 radical (unpaired) electrons. The van der Waals surface area contributed by atoms with Gasteiger partial charge in [0.05, 0.1) is 0 Å². The zero-order chi connectivity index (χ0) is 9.30. The van der Waals surface area contributed by atoms with Gasteiger partial charge in [-0.15, -0.1) is 0 Å². The van der Waals surface area contributed by atoms with Crippen molar-refractivity contribution >= 4 is 0 Å². The summed E-state index contributed by atoms with van der Waals surface area (Å²) in [7, 11) is 0. The highest BCUT2D eigenvalue weighted by Crippen LogP contribution is 2.17. The predicted octanol–water partition coefficient (Wildman–Crippen LogP) is 1.44. The largest absolute Gasteiger partial charge is 0.294 e. The maximum absolute atomic E-state index is 12.2. The number of H-pyrrole nitrogens is 1. The molecule has 0 unspecified atom stereocenters. The number of aromatic nitrogens is 2. The Bertz CT molecular complexity index is 327. The SMILES string of the molecule is CCn1[nH]c(C(F)F)c(C)c1=O. The van der Waals surface area contributed by atoms with Crippen LogP contribution in [0.2, 0.25) is 0 Å². The lowest BCUT2D eigenvalue weighted by molar-refractivity contribution is 0.144. The van der Waals surface area contributed by atoms with Gasteiger partial charge in [0.1, 0.15) is 5.69 Å². The Morgan fingerprint density at radius 1 is 1.58 bits per heavy atom. The van der Waals surface area contributed by atoms with E-state index in [2.05, 4.69) is 5.10 Å². The van der Waals surface area contributed by atoms with Crippen LogP contribution in [0.4, 0.5) is 8.78 Å². The molecule has 1 aromatic rings. The molecule has 1 rings (SSSR count). The van der Waals surface area contributed by atoms with Crippen molar-refractivity contribution in [2.24, 2.45) is 0 Å². The summed E-state index contributed by atoms with van der Waals surface area (Å²) < 4.78 is 25.5. The molecule has 0 aromatic carbocycles. The molecule has 68 valence electrons. The fourth-order valence-corrected chi connectivity index (χ4v) is 1.03. The lowest BCUT2D eigenvalue weighted by atomic mass is 10.3. The smallest absolute Gasteiger partial charge is 0.280 e. The monoisotopic (exact) mass is 176 g/mol. The summed E-state index contributed by atoms with van der Waals surface area (Å²) in [6.07, 6.45) is -2.61. The van der Waals surface area contributed by atoms with Crippen LogP contribution in [0.1, 0.15) is 24.6 Å². The first-order valence-electron chi connectivity index (χ1n) is 3.65. The summed E-state index contributed by atoms with van der Waals surface area (Å²) in [6.45, 7) is 3.49. The van der Waals surface area contributed by atoms with E-state index in [0.29, 0.717) is 6.54 Å². The summed E-state index contributed by atoms with van der Waals surface area (Å²) in [6, 6.07) is 0. The molecule has 1 N–H and O–H groups in total. The summed E-state index contributed by atoms with van der Waals surface area (Å²) in [5.41, 5.74) is -0.540. The Morgan fingerprint density at radius 2 is 2.17 bits per heavy atom. The molecule has 0 saturated heterocycles. The average molecular weight is 176 g/mol. The maximum atomic E-state index is 12.2. The van der Waals surface area contributed by atoms with Crippen LogP contribution in [0, 0.1) is 6.92 Å². The van der Waals surface area contributed by atoms with Crippen LogP contribution < -0.4 is 5.56 Å². The summed E-state index contributed by atoms with van der Waals surface area (Å²) in [4.78, 5) is 11.1. The minimum atomic E-state index is -2.61. The fourth-order valence-electron chi connectivity index (χ4n) is 1.03. The maximum Gasteiger partial charge on any atom is 0.280 e. The van der Waals surface area contributed by atoms with Crippen LogP contribution in [-0.4, -0.2) is 9.78 Å². The Labute approximate surface area is 68.0 Å². The molecule has 0 saturated carbocycles. The van der Waals surface area contributed by atoms with E-state index in [-0.39, 0.29) is 16.8 Å². The number of hydrogen-bond donors (Lipinski definition) is 1. The van der Waals surface area contributed by atoms with Gasteiger partial charge >= 0.3 is 0 Å². The molecule has 5 heteroatoms. The Morgan fingerprint density at radius 3 is 2.42 bits per heavy atom. The first-order chi connectivity index (χ1) is 5.57. The molecule has 0 fully saturated rings. The van der Waals surface area contributed by atoms with Crippen LogP contribution >= 0.6 is 0 Å². The Balaban J connectivity index is 3.25. The predicted molar refractivity (Wildman–Crippen MR) is 40.4 cm³/mol. The highest BCUT2D eigenvalue weighted by Gasteiger charge is 2.16. The van der Waals surface area contributed by atoms with Gasteiger partial charge in [-0.1, -0.05) is 0 Å². The quantitative estimate of drug-likeness (QED) is 0.727. The van der Waals surface area contributed by atoms with Crippen molar-refractivity contribution in [3.8, 4) is 0 Å². The summed E-state index contributed by atoms with van der Waals surface area (Å²) >= 11 is 0. The van der Waals surface area contributed by atoms with Crippen molar-refractivity contribution in [3.63, 3.8) is 0 Å². The number of hydrogen-bond acceptors (Lipinski definition) is 1. The van der Waals surface area contributed by atoms with E-state index in [9.17, 15) is 13.6 Å². The van der Waals surface area contributed by atoms with E-state index < -0.39 is 6.43 Å². The number of aromatic amines is 1. The van der Waals surface area contributed by atoms with E-state index in [0.717, 1.165) is 4.68 Å². The molecule has 12 heavy (non-hydrogen) atoms. The highest BCUT2D eigenvalue weighted by atomic mass is 19.3. The normalized spacial score (nSPS) is 11.1. The highest BCUT2D eigenvalue weighted by molar-refractivity contribution is 5.16. The van der Waals surface area contributed by atoms with Crippen molar-refractivity contribution in [1.29, 1.82) is 0 Å². The lowest BCUT2D eigenvalue weighted by Gasteiger charge is -1.95. The third kappa shape index (κ3) is 1.26. The van der Waals surface area contributed by atoms with Crippen molar-refractivity contribution in [2.75, 3.05) is 0 Å². The van der Waals surface area contributed by atoms with Gasteiger partial charge in [-0.05, 0) is 13.8 Å². The van der Waals surface area contributed by atoms with Gasteiger partial charge in [-0.3, -0.25) is 14.6 Å². The second-order valence-corrected chi connectivity index (χ2v) is 2.50. The topological polar surface area (TPSA) is 37.8 Å². The van der Waals surface area contributed by atoms with Crippen molar-refractivity contribution < 1.29 is 8.78 Å². The molecule has 1 aromatic heterocycles. The molecule has 0 bridgehead atoms. The van der Waals surface area contributed by atoms with E-state index in [1.54, 1.807) is 6.92 Å². The van der Waals surface area contributed by atoms with Gasteiger partial charge in [-0.2, -0.15) is 0 Å². The summed E-state index contributed by atoms with van der Waals surface area (Å²) in [5.74, 6) is 0. The van der Waals surface area contributed by atoms with Crippen molar-refractivity contribution in [1.82, 2.24) is 9.78 Å². The van der Waals surface area contributed by atoms with Gasteiger partial charge < -0.3 is 0 Å². The number of alkyl halides is 2. The Hall–Kier alpha value is -1.13. The van der Waals surface area contributed by atoms with Gasteiger partial charge in [-0.25, -0.2) is 8.78 Å². The van der Waals surface area contributed by atoms with Crippen LogP contribution in [0.15, 0.2) is 4.79 Å². The average Bonchev–Trinajstić information content (AvgIpc) is 2.30. The Kier molecular flexibility index (Phi) is 2.30. The number of nitrogens with zero attached hydrogens (tertiary/aromatic N) is 1. The van der Waals surface area contributed by atoms with E-state index >= 15 is 0 Å². The minimum Gasteiger partial charge on any atom is -0.294 e. The first kappa shape index (κ1) is 8.96. The molecular weight excluding hydrogens is 166 g/mol. The third-order valence-electron chi connectivity index (χ3n) is 1.76. The third-order valence-corrected chi connectivity index (χ3v) is 1.76. The second-order valence-electron chi connectivity index (χ2n) is 2.50. The van der Waals surface area contributed by atoms with E-state index in [4.69, 9.17) is 0 Å². The van der Waals surface area contributed by atoms with E-state index in [1.807, 2.05) is 0 Å². The number of halogens is 2. The standard InChI is InChI=1S/C7H10F2N2O/c1-3-11-7(12)4(2)5(10-11)6(8)9/h6,10H,3H2,1-2H3. The summed E-state index contributed by atoms with van der Waals surface area (Å²) in [5, 5.41) is 2.35. The lowest BCUT2D eigenvalue weighted by Crippen LogP contribution is -2.16. The fraction of sp³-hybridized carbons (Fsp3) is 0.571. The zero-order valence-corrected chi connectivity index (χ0v) is 6.90. The van der Waals surface area contributed by atoms with Gasteiger partial charge in [0.25, 0.3) is 12.0 Å². The van der Waals surface area contributed by atoms with Crippen LogP contribution in [0.25, 0.3) is 0 Å². The van der Waals surface area contributed by atoms with Gasteiger partial charge in [0, 0.05) is 12.1 Å². The molecule has 3 nitrogen and oxygen atoms in total. The molecule has 0 aliphatic carbocycles. The number of rotatable bonds is 2. The van der Waals surface area contributed by atoms with Crippen LogP contribution in [-0.2, 0) is 6.54 Å². The first-order valence-corrected chi connectivity index (χ1v) is 3.65. The number of aryl methyl sites for hydroxylation is 1. The molecule has 0 amide bonds. The molecular formula is C7H10F2N2O. The van der Waals surface area contributed by atoms with Crippen molar-refractivity contribution in [2.45, 2.75) is 26.8 Å². The molecule has 0 aliphatic rings. The minimum absolute atomic E-state index is 0.104. The second kappa shape index (κ2) is 3.08. The molecule has 0 atom stereocenters. The van der Waals surface area contributed by atoms with Crippen molar-refractivity contribution in [3.05, 3.63) is 21.6 Å². The van der Waals surface area contributed by atoms with Crippen LogP contribution in [0.3, 0.4) is 0 Å². The van der Waals surface area contributed by atoms with Crippen LogP contribution in [0.5, 0.6) is 0 Å². The molecule has 0 spiro atoms. The molecule has 0 aliphatic heterocycles. The number of nitrogens with one attached hydrogen (secondary N) is 1. The van der Waals surface area contributed by atoms with Gasteiger partial charge in [0.2, 0.25) is 0 Å². The van der Waals surface area contributed by atoms with Gasteiger partial charge in [0.15, 0.2) is 0 Å². The van der Waals surface area contributed by atoms with E-state index in [1.165, 1.54) is 6.92 Å². The zero-order valence-electron chi connectivity index (χ0n) is 6.90.